The van der Waals surface area contributed by atoms with Crippen LogP contribution in [0.25, 0.3) is 0 Å². The van der Waals surface area contributed by atoms with E-state index in [1.165, 1.54) is 0 Å². The standard InChI is InChI=1S/C6H13F2N/c1-2-3-5(4-9)6(7)8/h5-6H,2-4,9H2,1H3. The molecule has 0 aliphatic heterocycles. The minimum Gasteiger partial charge on any atom is -0.330 e. The van der Waals surface area contributed by atoms with Crippen LogP contribution in [0.5, 0.6) is 0 Å². The molecule has 1 atom stereocenters. The van der Waals surface area contributed by atoms with Crippen molar-refractivity contribution in [1.82, 2.24) is 0 Å². The molecule has 0 bridgehead atoms. The minimum atomic E-state index is -2.24. The van der Waals surface area contributed by atoms with E-state index in [1.807, 2.05) is 6.92 Å². The molecule has 3 heteroatoms. The summed E-state index contributed by atoms with van der Waals surface area (Å²) in [6.07, 6.45) is -0.921. The lowest BCUT2D eigenvalue weighted by Crippen LogP contribution is -2.21. The second-order valence-corrected chi connectivity index (χ2v) is 2.12. The number of halogens is 2. The quantitative estimate of drug-likeness (QED) is 0.626. The van der Waals surface area contributed by atoms with Gasteiger partial charge >= 0.3 is 0 Å². The monoisotopic (exact) mass is 137 g/mol. The molecule has 0 rings (SSSR count). The molecule has 0 aromatic heterocycles. The Hall–Kier alpha value is -0.180. The van der Waals surface area contributed by atoms with Gasteiger partial charge in [0.25, 0.3) is 0 Å². The maximum atomic E-state index is 11.8. The van der Waals surface area contributed by atoms with Crippen LogP contribution in [0.1, 0.15) is 19.8 Å². The summed E-state index contributed by atoms with van der Waals surface area (Å²) in [5.74, 6) is -0.588. The summed E-state index contributed by atoms with van der Waals surface area (Å²) in [7, 11) is 0. The van der Waals surface area contributed by atoms with Crippen molar-refractivity contribution in [2.45, 2.75) is 26.2 Å². The number of hydrogen-bond acceptors (Lipinski definition) is 1. The van der Waals surface area contributed by atoms with Crippen molar-refractivity contribution in [2.24, 2.45) is 11.7 Å². The number of hydrogen-bond donors (Lipinski definition) is 1. The molecule has 0 amide bonds. The fourth-order valence-corrected chi connectivity index (χ4v) is 0.717. The van der Waals surface area contributed by atoms with Crippen LogP contribution in [0, 0.1) is 5.92 Å². The highest BCUT2D eigenvalue weighted by Crippen LogP contribution is 2.13. The van der Waals surface area contributed by atoms with Crippen LogP contribution in [0.3, 0.4) is 0 Å². The van der Waals surface area contributed by atoms with Gasteiger partial charge in [-0.05, 0) is 6.42 Å². The van der Waals surface area contributed by atoms with Gasteiger partial charge in [-0.25, -0.2) is 8.78 Å². The Bertz CT molecular complexity index is 66.1. The Balaban J connectivity index is 3.41. The van der Waals surface area contributed by atoms with E-state index in [4.69, 9.17) is 5.73 Å². The molecule has 1 unspecified atom stereocenters. The van der Waals surface area contributed by atoms with Gasteiger partial charge in [0.2, 0.25) is 6.43 Å². The van der Waals surface area contributed by atoms with Gasteiger partial charge in [0.15, 0.2) is 0 Å². The number of rotatable bonds is 4. The van der Waals surface area contributed by atoms with Gasteiger partial charge in [-0.1, -0.05) is 13.3 Å². The van der Waals surface area contributed by atoms with Crippen molar-refractivity contribution in [3.05, 3.63) is 0 Å². The third kappa shape index (κ3) is 3.40. The van der Waals surface area contributed by atoms with E-state index in [9.17, 15) is 8.78 Å². The van der Waals surface area contributed by atoms with Crippen molar-refractivity contribution in [1.29, 1.82) is 0 Å². The van der Waals surface area contributed by atoms with Gasteiger partial charge < -0.3 is 5.73 Å². The largest absolute Gasteiger partial charge is 0.330 e. The van der Waals surface area contributed by atoms with Crippen LogP contribution in [0.2, 0.25) is 0 Å². The Kier molecular flexibility index (Phi) is 4.58. The van der Waals surface area contributed by atoms with Crippen molar-refractivity contribution >= 4 is 0 Å². The average molecular weight is 137 g/mol. The third-order valence-electron chi connectivity index (χ3n) is 1.32. The van der Waals surface area contributed by atoms with Crippen molar-refractivity contribution in [3.63, 3.8) is 0 Å². The lowest BCUT2D eigenvalue weighted by molar-refractivity contribution is 0.0763. The highest BCUT2D eigenvalue weighted by atomic mass is 19.3. The summed E-state index contributed by atoms with van der Waals surface area (Å²) in [4.78, 5) is 0. The molecule has 0 heterocycles. The molecule has 56 valence electrons. The molecule has 0 spiro atoms. The molecule has 0 fully saturated rings. The summed E-state index contributed by atoms with van der Waals surface area (Å²) in [6, 6.07) is 0. The van der Waals surface area contributed by atoms with Crippen LogP contribution in [-0.4, -0.2) is 13.0 Å². The van der Waals surface area contributed by atoms with E-state index in [0.717, 1.165) is 6.42 Å². The van der Waals surface area contributed by atoms with Crippen LogP contribution >= 0.6 is 0 Å². The molecule has 0 aromatic rings. The van der Waals surface area contributed by atoms with E-state index < -0.39 is 12.3 Å². The molecule has 9 heavy (non-hydrogen) atoms. The predicted molar refractivity (Wildman–Crippen MR) is 33.5 cm³/mol. The lowest BCUT2D eigenvalue weighted by Gasteiger charge is -2.10. The zero-order chi connectivity index (χ0) is 7.28. The summed E-state index contributed by atoms with van der Waals surface area (Å²) in [5.41, 5.74) is 5.08. The van der Waals surface area contributed by atoms with Crippen LogP contribution in [0.15, 0.2) is 0 Å². The second kappa shape index (κ2) is 4.68. The van der Waals surface area contributed by atoms with Gasteiger partial charge in [-0.15, -0.1) is 0 Å². The smallest absolute Gasteiger partial charge is 0.242 e. The Morgan fingerprint density at radius 3 is 2.11 bits per heavy atom. The average Bonchev–Trinajstić information content (AvgIpc) is 1.82. The fourth-order valence-electron chi connectivity index (χ4n) is 0.717. The molecule has 0 aliphatic rings. The van der Waals surface area contributed by atoms with E-state index in [2.05, 4.69) is 0 Å². The molecule has 0 aliphatic carbocycles. The Labute approximate surface area is 54.2 Å². The fraction of sp³-hybridized carbons (Fsp3) is 1.00. The summed E-state index contributed by atoms with van der Waals surface area (Å²) >= 11 is 0. The summed E-state index contributed by atoms with van der Waals surface area (Å²) in [6.45, 7) is 1.98. The first-order valence-electron chi connectivity index (χ1n) is 3.20. The van der Waals surface area contributed by atoms with Gasteiger partial charge in [-0.3, -0.25) is 0 Å². The zero-order valence-corrected chi connectivity index (χ0v) is 5.61. The second-order valence-electron chi connectivity index (χ2n) is 2.12. The van der Waals surface area contributed by atoms with Crippen molar-refractivity contribution in [2.75, 3.05) is 6.54 Å². The number of nitrogens with two attached hydrogens (primary N) is 1. The van der Waals surface area contributed by atoms with Crippen molar-refractivity contribution < 1.29 is 8.78 Å². The van der Waals surface area contributed by atoms with Crippen LogP contribution in [-0.2, 0) is 0 Å². The zero-order valence-electron chi connectivity index (χ0n) is 5.61. The molecule has 0 radical (unpaired) electrons. The van der Waals surface area contributed by atoms with Gasteiger partial charge in [-0.2, -0.15) is 0 Å². The van der Waals surface area contributed by atoms with Gasteiger partial charge in [0, 0.05) is 12.5 Å². The maximum Gasteiger partial charge on any atom is 0.242 e. The molecule has 0 saturated heterocycles. The Morgan fingerprint density at radius 2 is 2.00 bits per heavy atom. The first-order valence-corrected chi connectivity index (χ1v) is 3.20. The van der Waals surface area contributed by atoms with Crippen molar-refractivity contribution in [3.8, 4) is 0 Å². The molecule has 0 aromatic carbocycles. The lowest BCUT2D eigenvalue weighted by atomic mass is 10.1. The highest BCUT2D eigenvalue weighted by Gasteiger charge is 2.16. The minimum absolute atomic E-state index is 0.103. The third-order valence-corrected chi connectivity index (χ3v) is 1.32. The van der Waals surface area contributed by atoms with Gasteiger partial charge in [0.05, 0.1) is 0 Å². The van der Waals surface area contributed by atoms with Crippen LogP contribution in [0.4, 0.5) is 8.78 Å². The van der Waals surface area contributed by atoms with Gasteiger partial charge in [0.1, 0.15) is 0 Å². The first-order chi connectivity index (χ1) is 4.22. The summed E-state index contributed by atoms with van der Waals surface area (Å²) in [5, 5.41) is 0. The number of alkyl halides is 2. The van der Waals surface area contributed by atoms with E-state index >= 15 is 0 Å². The SMILES string of the molecule is CCCC(CN)C(F)F. The Morgan fingerprint density at radius 1 is 1.44 bits per heavy atom. The summed E-state index contributed by atoms with van der Waals surface area (Å²) < 4.78 is 23.6. The van der Waals surface area contributed by atoms with E-state index in [0.29, 0.717) is 6.42 Å². The molecule has 0 saturated carbocycles. The highest BCUT2D eigenvalue weighted by molar-refractivity contribution is 4.60. The molecular weight excluding hydrogens is 124 g/mol. The van der Waals surface area contributed by atoms with Crippen LogP contribution < -0.4 is 5.73 Å². The van der Waals surface area contributed by atoms with E-state index in [-0.39, 0.29) is 6.54 Å². The topological polar surface area (TPSA) is 26.0 Å². The van der Waals surface area contributed by atoms with E-state index in [1.54, 1.807) is 0 Å². The molecular formula is C6H13F2N. The molecule has 1 nitrogen and oxygen atoms in total. The molecule has 2 N–H and O–H groups in total. The normalized spacial score (nSPS) is 14.3. The predicted octanol–water partition coefficient (Wildman–Crippen LogP) is 1.63. The first kappa shape index (κ1) is 8.82. The maximum absolute atomic E-state index is 11.8.